The second-order valence-corrected chi connectivity index (χ2v) is 7.16. The molecule has 2 N–H and O–H groups in total. The van der Waals surface area contributed by atoms with Gasteiger partial charge in [-0.1, -0.05) is 17.7 Å². The molecule has 0 radical (unpaired) electrons. The summed E-state index contributed by atoms with van der Waals surface area (Å²) in [6, 6.07) is 5.55. The number of anilines is 1. The van der Waals surface area contributed by atoms with Crippen molar-refractivity contribution in [2.75, 3.05) is 44.3 Å². The molecule has 2 aliphatic rings. The van der Waals surface area contributed by atoms with Gasteiger partial charge in [-0.15, -0.1) is 24.8 Å². The summed E-state index contributed by atoms with van der Waals surface area (Å²) in [6.45, 7) is 6.56. The fourth-order valence-electron chi connectivity index (χ4n) is 3.58. The van der Waals surface area contributed by atoms with Crippen LogP contribution in [0.5, 0.6) is 0 Å². The summed E-state index contributed by atoms with van der Waals surface area (Å²) in [4.78, 5) is 16.9. The Kier molecular flexibility index (Phi) is 9.48. The van der Waals surface area contributed by atoms with E-state index in [1.54, 1.807) is 0 Å². The third-order valence-electron chi connectivity index (χ3n) is 5.16. The second kappa shape index (κ2) is 10.6. The number of nitrogens with two attached hydrogens (primary N) is 1. The first kappa shape index (κ1) is 23.3. The van der Waals surface area contributed by atoms with Crippen LogP contribution in [0, 0.1) is 12.8 Å². The maximum atomic E-state index is 12.7. The van der Waals surface area contributed by atoms with E-state index in [0.29, 0.717) is 26.3 Å². The molecule has 2 saturated heterocycles. The van der Waals surface area contributed by atoms with E-state index < -0.39 is 6.04 Å². The SMILES string of the molecule is Cc1ccc(Cl)cc1N1CCN(C(=O)C(N)C2CCOCC2)CC1.Cl.Cl. The van der Waals surface area contributed by atoms with Gasteiger partial charge in [0.2, 0.25) is 5.91 Å². The normalized spacial score (nSPS) is 19.3. The molecule has 148 valence electrons. The number of aryl methyl sites for hydroxylation is 1. The van der Waals surface area contributed by atoms with E-state index in [2.05, 4.69) is 11.8 Å². The first-order valence-electron chi connectivity index (χ1n) is 8.69. The summed E-state index contributed by atoms with van der Waals surface area (Å²) >= 11 is 6.12. The van der Waals surface area contributed by atoms with E-state index in [4.69, 9.17) is 22.1 Å². The molecule has 5 nitrogen and oxygen atoms in total. The van der Waals surface area contributed by atoms with Crippen molar-refractivity contribution in [2.24, 2.45) is 11.7 Å². The Morgan fingerprint density at radius 1 is 1.19 bits per heavy atom. The van der Waals surface area contributed by atoms with E-state index >= 15 is 0 Å². The van der Waals surface area contributed by atoms with Gasteiger partial charge in [0.05, 0.1) is 6.04 Å². The largest absolute Gasteiger partial charge is 0.381 e. The Hall–Kier alpha value is -0.720. The van der Waals surface area contributed by atoms with Crippen LogP contribution in [-0.2, 0) is 9.53 Å². The van der Waals surface area contributed by atoms with Gasteiger partial charge in [-0.05, 0) is 43.4 Å². The van der Waals surface area contributed by atoms with Crippen LogP contribution in [0.25, 0.3) is 0 Å². The fraction of sp³-hybridized carbons (Fsp3) is 0.611. The Balaban J connectivity index is 0.00000169. The van der Waals surface area contributed by atoms with Crippen molar-refractivity contribution in [1.82, 2.24) is 4.90 Å². The third-order valence-corrected chi connectivity index (χ3v) is 5.40. The number of hydrogen-bond acceptors (Lipinski definition) is 4. The second-order valence-electron chi connectivity index (χ2n) is 6.72. The number of benzene rings is 1. The van der Waals surface area contributed by atoms with Crippen LogP contribution in [0.4, 0.5) is 5.69 Å². The van der Waals surface area contributed by atoms with Crippen molar-refractivity contribution < 1.29 is 9.53 Å². The van der Waals surface area contributed by atoms with E-state index in [1.807, 2.05) is 23.1 Å². The molecule has 2 aliphatic heterocycles. The number of piperazine rings is 1. The van der Waals surface area contributed by atoms with Crippen LogP contribution >= 0.6 is 36.4 Å². The molecule has 0 aliphatic carbocycles. The number of carbonyl (C=O) groups excluding carboxylic acids is 1. The minimum atomic E-state index is -0.395. The molecule has 8 heteroatoms. The predicted octanol–water partition coefficient (Wildman–Crippen LogP) is 2.89. The molecule has 0 bridgehead atoms. The van der Waals surface area contributed by atoms with E-state index in [1.165, 1.54) is 5.56 Å². The standard InChI is InChI=1S/C18H26ClN3O2.2ClH/c1-13-2-3-15(19)12-16(13)21-6-8-22(9-7-21)18(23)17(20)14-4-10-24-11-5-14;;/h2-3,12,14,17H,4-11,20H2,1H3;2*1H. The van der Waals surface area contributed by atoms with Gasteiger partial charge < -0.3 is 20.3 Å². The zero-order valence-electron chi connectivity index (χ0n) is 15.0. The average molecular weight is 425 g/mol. The van der Waals surface area contributed by atoms with Gasteiger partial charge in [0.25, 0.3) is 0 Å². The maximum Gasteiger partial charge on any atom is 0.239 e. The van der Waals surface area contributed by atoms with E-state index in [9.17, 15) is 4.79 Å². The van der Waals surface area contributed by atoms with E-state index in [-0.39, 0.29) is 36.6 Å². The molecular weight excluding hydrogens is 397 g/mol. The van der Waals surface area contributed by atoms with Crippen LogP contribution in [0.3, 0.4) is 0 Å². The van der Waals surface area contributed by atoms with Gasteiger partial charge in [-0.3, -0.25) is 4.79 Å². The van der Waals surface area contributed by atoms with Crippen molar-refractivity contribution in [1.29, 1.82) is 0 Å². The van der Waals surface area contributed by atoms with Crippen LogP contribution in [-0.4, -0.2) is 56.2 Å². The molecule has 1 aromatic rings. The van der Waals surface area contributed by atoms with Crippen LogP contribution < -0.4 is 10.6 Å². The molecule has 1 unspecified atom stereocenters. The minimum absolute atomic E-state index is 0. The molecule has 0 saturated carbocycles. The highest BCUT2D eigenvalue weighted by Gasteiger charge is 2.31. The summed E-state index contributed by atoms with van der Waals surface area (Å²) in [6.07, 6.45) is 1.77. The quantitative estimate of drug-likeness (QED) is 0.810. The molecule has 2 fully saturated rings. The van der Waals surface area contributed by atoms with Crippen LogP contribution in [0.15, 0.2) is 18.2 Å². The molecule has 0 aromatic heterocycles. The maximum absolute atomic E-state index is 12.7. The summed E-state index contributed by atoms with van der Waals surface area (Å²) in [5, 5.41) is 0.746. The van der Waals surface area contributed by atoms with Crippen molar-refractivity contribution in [2.45, 2.75) is 25.8 Å². The lowest BCUT2D eigenvalue weighted by molar-refractivity contribution is -0.135. The lowest BCUT2D eigenvalue weighted by Gasteiger charge is -2.39. The van der Waals surface area contributed by atoms with Gasteiger partial charge in [-0.25, -0.2) is 0 Å². The molecule has 2 heterocycles. The number of amides is 1. The van der Waals surface area contributed by atoms with Gasteiger partial charge in [0.15, 0.2) is 0 Å². The smallest absolute Gasteiger partial charge is 0.239 e. The lowest BCUT2D eigenvalue weighted by atomic mass is 9.91. The van der Waals surface area contributed by atoms with Crippen molar-refractivity contribution in [3.63, 3.8) is 0 Å². The topological polar surface area (TPSA) is 58.8 Å². The summed E-state index contributed by atoms with van der Waals surface area (Å²) in [5.74, 6) is 0.337. The van der Waals surface area contributed by atoms with Gasteiger partial charge in [0.1, 0.15) is 0 Å². The minimum Gasteiger partial charge on any atom is -0.381 e. The number of carbonyl (C=O) groups is 1. The highest BCUT2D eigenvalue weighted by Crippen LogP contribution is 2.26. The lowest BCUT2D eigenvalue weighted by Crippen LogP contribution is -2.55. The Morgan fingerprint density at radius 2 is 1.81 bits per heavy atom. The van der Waals surface area contributed by atoms with Crippen LogP contribution in [0.1, 0.15) is 18.4 Å². The third kappa shape index (κ3) is 5.40. The highest BCUT2D eigenvalue weighted by molar-refractivity contribution is 6.30. The van der Waals surface area contributed by atoms with Crippen molar-refractivity contribution in [3.05, 3.63) is 28.8 Å². The number of nitrogens with zero attached hydrogens (tertiary/aromatic N) is 2. The Bertz CT molecular complexity index is 589. The summed E-state index contributed by atoms with van der Waals surface area (Å²) < 4.78 is 5.36. The highest BCUT2D eigenvalue weighted by atomic mass is 35.5. The molecule has 3 rings (SSSR count). The molecule has 1 atom stereocenters. The monoisotopic (exact) mass is 423 g/mol. The first-order valence-corrected chi connectivity index (χ1v) is 9.07. The Morgan fingerprint density at radius 3 is 2.42 bits per heavy atom. The molecular formula is C18H28Cl3N3O2. The summed E-state index contributed by atoms with van der Waals surface area (Å²) in [7, 11) is 0. The molecule has 26 heavy (non-hydrogen) atoms. The fourth-order valence-corrected chi connectivity index (χ4v) is 3.74. The molecule has 1 amide bonds. The van der Waals surface area contributed by atoms with Crippen molar-refractivity contribution >= 4 is 48.0 Å². The molecule has 1 aromatic carbocycles. The van der Waals surface area contributed by atoms with Crippen LogP contribution in [0.2, 0.25) is 5.02 Å². The molecule has 0 spiro atoms. The van der Waals surface area contributed by atoms with Crippen molar-refractivity contribution in [3.8, 4) is 0 Å². The number of halogens is 3. The average Bonchev–Trinajstić information content (AvgIpc) is 2.63. The Labute approximate surface area is 173 Å². The number of ether oxygens (including phenoxy) is 1. The zero-order valence-corrected chi connectivity index (χ0v) is 17.4. The van der Waals surface area contributed by atoms with Gasteiger partial charge in [0, 0.05) is 50.1 Å². The summed E-state index contributed by atoms with van der Waals surface area (Å²) in [5.41, 5.74) is 8.60. The predicted molar refractivity (Wildman–Crippen MR) is 111 cm³/mol. The first-order chi connectivity index (χ1) is 11.6. The number of hydrogen-bond donors (Lipinski definition) is 1. The van der Waals surface area contributed by atoms with Gasteiger partial charge in [-0.2, -0.15) is 0 Å². The zero-order chi connectivity index (χ0) is 17.1. The van der Waals surface area contributed by atoms with E-state index in [0.717, 1.165) is 36.6 Å². The number of rotatable bonds is 3. The van der Waals surface area contributed by atoms with Gasteiger partial charge >= 0.3 is 0 Å².